The Kier molecular flexibility index (Phi) is 3.95. The van der Waals surface area contributed by atoms with Crippen molar-refractivity contribution in [3.63, 3.8) is 0 Å². The van der Waals surface area contributed by atoms with Crippen LogP contribution in [0.1, 0.15) is 31.5 Å². The van der Waals surface area contributed by atoms with Gasteiger partial charge in [-0.05, 0) is 26.7 Å². The number of hydrogen-bond donors (Lipinski definition) is 1. The molecule has 1 aromatic heterocycles. The second kappa shape index (κ2) is 5.65. The van der Waals surface area contributed by atoms with Crippen LogP contribution >= 0.6 is 0 Å². The summed E-state index contributed by atoms with van der Waals surface area (Å²) in [4.78, 5) is 10.9. The van der Waals surface area contributed by atoms with Gasteiger partial charge >= 0.3 is 0 Å². The molecule has 1 aliphatic rings. The van der Waals surface area contributed by atoms with Crippen LogP contribution in [0.25, 0.3) is 0 Å². The minimum atomic E-state index is 0.444. The molecule has 0 radical (unpaired) electrons. The number of likely N-dealkylation sites (tertiary alicyclic amines) is 1. The lowest BCUT2D eigenvalue weighted by atomic mass is 10.4. The molecule has 0 unspecified atom stereocenters. The van der Waals surface area contributed by atoms with Crippen molar-refractivity contribution < 1.29 is 4.52 Å². The third-order valence-electron chi connectivity index (χ3n) is 2.67. The van der Waals surface area contributed by atoms with Gasteiger partial charge in [0.25, 0.3) is 0 Å². The maximum Gasteiger partial charge on any atom is 0.248 e. The molecule has 0 bridgehead atoms. The van der Waals surface area contributed by atoms with Crippen LogP contribution in [0.15, 0.2) is 9.52 Å². The third kappa shape index (κ3) is 3.18. The van der Waals surface area contributed by atoms with Gasteiger partial charge in [-0.1, -0.05) is 5.16 Å². The van der Waals surface area contributed by atoms with Gasteiger partial charge in [0, 0.05) is 19.6 Å². The smallest absolute Gasteiger partial charge is 0.248 e. The van der Waals surface area contributed by atoms with Gasteiger partial charge in [-0.25, -0.2) is 4.99 Å². The van der Waals surface area contributed by atoms with Crippen LogP contribution in [-0.2, 0) is 6.54 Å². The van der Waals surface area contributed by atoms with Crippen molar-refractivity contribution >= 4 is 5.96 Å². The molecule has 2 heterocycles. The standard InChI is InChI=1S/C11H19N5O/c1-3-12-11(16-6-4-5-7-16)13-8-10-14-9(2)15-17-10/h3-8H2,1-2H3,(H,12,13). The molecular weight excluding hydrogens is 218 g/mol. The van der Waals surface area contributed by atoms with E-state index >= 15 is 0 Å². The van der Waals surface area contributed by atoms with Gasteiger partial charge in [0.2, 0.25) is 5.89 Å². The van der Waals surface area contributed by atoms with Gasteiger partial charge in [0.05, 0.1) is 0 Å². The van der Waals surface area contributed by atoms with Crippen LogP contribution in [-0.4, -0.2) is 40.6 Å². The zero-order valence-electron chi connectivity index (χ0n) is 10.4. The second-order valence-corrected chi connectivity index (χ2v) is 4.10. The highest BCUT2D eigenvalue weighted by Gasteiger charge is 2.15. The topological polar surface area (TPSA) is 66.5 Å². The summed E-state index contributed by atoms with van der Waals surface area (Å²) in [6.07, 6.45) is 2.48. The quantitative estimate of drug-likeness (QED) is 0.626. The molecule has 1 N–H and O–H groups in total. The van der Waals surface area contributed by atoms with E-state index in [2.05, 4.69) is 32.3 Å². The Morgan fingerprint density at radius 1 is 1.47 bits per heavy atom. The predicted octanol–water partition coefficient (Wildman–Crippen LogP) is 0.939. The summed E-state index contributed by atoms with van der Waals surface area (Å²) in [6.45, 7) is 7.35. The fourth-order valence-electron chi connectivity index (χ4n) is 1.90. The van der Waals surface area contributed by atoms with Crippen molar-refractivity contribution in [1.82, 2.24) is 20.4 Å². The Bertz CT molecular complexity index is 381. The Morgan fingerprint density at radius 2 is 2.24 bits per heavy atom. The van der Waals surface area contributed by atoms with Crippen LogP contribution < -0.4 is 5.32 Å². The lowest BCUT2D eigenvalue weighted by Gasteiger charge is -2.20. The largest absolute Gasteiger partial charge is 0.357 e. The molecule has 0 spiro atoms. The summed E-state index contributed by atoms with van der Waals surface area (Å²) in [6, 6.07) is 0. The highest BCUT2D eigenvalue weighted by molar-refractivity contribution is 5.80. The lowest BCUT2D eigenvalue weighted by Crippen LogP contribution is -2.39. The summed E-state index contributed by atoms with van der Waals surface area (Å²) in [5, 5.41) is 7.04. The molecule has 6 heteroatoms. The first-order chi connectivity index (χ1) is 8.29. The molecule has 1 fully saturated rings. The number of aromatic nitrogens is 2. The molecule has 2 rings (SSSR count). The van der Waals surface area contributed by atoms with Crippen molar-refractivity contribution in [2.75, 3.05) is 19.6 Å². The number of guanidine groups is 1. The van der Waals surface area contributed by atoms with Crippen molar-refractivity contribution in [2.45, 2.75) is 33.2 Å². The molecule has 0 aromatic carbocycles. The SMILES string of the molecule is CCNC(=NCc1nc(C)no1)N1CCCC1. The molecule has 6 nitrogen and oxygen atoms in total. The molecule has 0 saturated carbocycles. The Morgan fingerprint density at radius 3 is 2.82 bits per heavy atom. The molecule has 17 heavy (non-hydrogen) atoms. The Labute approximate surface area is 101 Å². The maximum absolute atomic E-state index is 5.04. The van der Waals surface area contributed by atoms with Gasteiger partial charge < -0.3 is 14.7 Å². The molecule has 1 aliphatic heterocycles. The maximum atomic E-state index is 5.04. The molecule has 0 amide bonds. The van der Waals surface area contributed by atoms with Crippen LogP contribution in [0.4, 0.5) is 0 Å². The van der Waals surface area contributed by atoms with Gasteiger partial charge in [-0.15, -0.1) is 0 Å². The lowest BCUT2D eigenvalue weighted by molar-refractivity contribution is 0.375. The first-order valence-electron chi connectivity index (χ1n) is 6.12. The molecule has 0 aliphatic carbocycles. The minimum absolute atomic E-state index is 0.444. The summed E-state index contributed by atoms with van der Waals surface area (Å²) < 4.78 is 5.04. The summed E-state index contributed by atoms with van der Waals surface area (Å²) >= 11 is 0. The molecule has 1 aromatic rings. The molecule has 1 saturated heterocycles. The van der Waals surface area contributed by atoms with Crippen LogP contribution in [0, 0.1) is 6.92 Å². The predicted molar refractivity (Wildman–Crippen MR) is 64.7 cm³/mol. The number of nitrogens with zero attached hydrogens (tertiary/aromatic N) is 4. The average Bonchev–Trinajstić information content (AvgIpc) is 2.95. The van der Waals surface area contributed by atoms with E-state index in [4.69, 9.17) is 4.52 Å². The molecular formula is C11H19N5O. The second-order valence-electron chi connectivity index (χ2n) is 4.10. The summed E-state index contributed by atoms with van der Waals surface area (Å²) in [5.41, 5.74) is 0. The van der Waals surface area contributed by atoms with E-state index in [1.807, 2.05) is 6.92 Å². The number of aliphatic imine (C=N–C) groups is 1. The van der Waals surface area contributed by atoms with Gasteiger partial charge in [-0.3, -0.25) is 0 Å². The van der Waals surface area contributed by atoms with Crippen molar-refractivity contribution in [1.29, 1.82) is 0 Å². The average molecular weight is 237 g/mol. The molecule has 0 atom stereocenters. The van der Waals surface area contributed by atoms with E-state index in [0.717, 1.165) is 25.6 Å². The monoisotopic (exact) mass is 237 g/mol. The van der Waals surface area contributed by atoms with E-state index in [-0.39, 0.29) is 0 Å². The van der Waals surface area contributed by atoms with Crippen molar-refractivity contribution in [3.8, 4) is 0 Å². The fraction of sp³-hybridized carbons (Fsp3) is 0.727. The van der Waals surface area contributed by atoms with Crippen molar-refractivity contribution in [3.05, 3.63) is 11.7 Å². The number of aryl methyl sites for hydroxylation is 1. The van der Waals surface area contributed by atoms with E-state index in [1.165, 1.54) is 12.8 Å². The highest BCUT2D eigenvalue weighted by Crippen LogP contribution is 2.08. The molecule has 94 valence electrons. The first kappa shape index (κ1) is 11.9. The Hall–Kier alpha value is -1.59. The number of rotatable bonds is 3. The van der Waals surface area contributed by atoms with Gasteiger partial charge in [0.1, 0.15) is 6.54 Å². The van der Waals surface area contributed by atoms with E-state index in [1.54, 1.807) is 0 Å². The van der Waals surface area contributed by atoms with E-state index in [0.29, 0.717) is 18.3 Å². The number of hydrogen-bond acceptors (Lipinski definition) is 4. The van der Waals surface area contributed by atoms with Gasteiger partial charge in [-0.2, -0.15) is 4.98 Å². The zero-order chi connectivity index (χ0) is 12.1. The van der Waals surface area contributed by atoms with Gasteiger partial charge in [0.15, 0.2) is 11.8 Å². The van der Waals surface area contributed by atoms with Crippen LogP contribution in [0.3, 0.4) is 0 Å². The minimum Gasteiger partial charge on any atom is -0.357 e. The number of nitrogens with one attached hydrogen (secondary N) is 1. The summed E-state index contributed by atoms with van der Waals surface area (Å²) in [5.74, 6) is 2.17. The van der Waals surface area contributed by atoms with Crippen LogP contribution in [0.2, 0.25) is 0 Å². The fourth-order valence-corrected chi connectivity index (χ4v) is 1.90. The first-order valence-corrected chi connectivity index (χ1v) is 6.12. The van der Waals surface area contributed by atoms with E-state index in [9.17, 15) is 0 Å². The zero-order valence-corrected chi connectivity index (χ0v) is 10.4. The Balaban J connectivity index is 1.99. The normalized spacial score (nSPS) is 16.6. The van der Waals surface area contributed by atoms with E-state index < -0.39 is 0 Å². The van der Waals surface area contributed by atoms with Crippen molar-refractivity contribution in [2.24, 2.45) is 4.99 Å². The highest BCUT2D eigenvalue weighted by atomic mass is 16.5. The van der Waals surface area contributed by atoms with Crippen LogP contribution in [0.5, 0.6) is 0 Å². The third-order valence-corrected chi connectivity index (χ3v) is 2.67. The summed E-state index contributed by atoms with van der Waals surface area (Å²) in [7, 11) is 0.